The molecule has 1 amide bonds. The molecule has 0 atom stereocenters. The number of amides is 1. The molecule has 0 aromatic carbocycles. The first-order valence-corrected chi connectivity index (χ1v) is 5.76. The van der Waals surface area contributed by atoms with E-state index < -0.39 is 0 Å². The van der Waals surface area contributed by atoms with E-state index >= 15 is 0 Å². The van der Waals surface area contributed by atoms with Gasteiger partial charge in [0.2, 0.25) is 0 Å². The fourth-order valence-electron chi connectivity index (χ4n) is 1.77. The van der Waals surface area contributed by atoms with Crippen LogP contribution in [0.15, 0.2) is 18.3 Å². The van der Waals surface area contributed by atoms with Crippen LogP contribution in [0.5, 0.6) is 0 Å². The average molecular weight is 260 g/mol. The van der Waals surface area contributed by atoms with Gasteiger partial charge in [-0.3, -0.25) is 20.3 Å². The van der Waals surface area contributed by atoms with Crippen molar-refractivity contribution in [3.8, 4) is 0 Å². The number of anilines is 2. The summed E-state index contributed by atoms with van der Waals surface area (Å²) in [5.74, 6) is 5.74. The van der Waals surface area contributed by atoms with Crippen LogP contribution in [-0.4, -0.2) is 20.7 Å². The van der Waals surface area contributed by atoms with Crippen molar-refractivity contribution in [2.75, 3.05) is 10.7 Å². The van der Waals surface area contributed by atoms with E-state index in [2.05, 4.69) is 20.8 Å². The molecule has 7 nitrogen and oxygen atoms in total. The van der Waals surface area contributed by atoms with E-state index in [9.17, 15) is 4.79 Å². The number of hydrogen-bond donors (Lipinski definition) is 3. The topological polar surface area (TPSA) is 97.9 Å². The lowest BCUT2D eigenvalue weighted by Crippen LogP contribution is -2.19. The van der Waals surface area contributed by atoms with Crippen LogP contribution in [0, 0.1) is 13.8 Å². The van der Waals surface area contributed by atoms with Gasteiger partial charge in [0, 0.05) is 25.0 Å². The largest absolute Gasteiger partial charge is 0.323 e. The summed E-state index contributed by atoms with van der Waals surface area (Å²) in [5.41, 5.74) is 5.02. The SMILES string of the molecule is Cc1cc(NN)c(C(=O)Nc2cc(C)nn2C)cn1. The maximum atomic E-state index is 12.2. The lowest BCUT2D eigenvalue weighted by Gasteiger charge is -2.09. The fraction of sp³-hybridized carbons (Fsp3) is 0.250. The van der Waals surface area contributed by atoms with Crippen molar-refractivity contribution < 1.29 is 4.79 Å². The normalized spacial score (nSPS) is 10.3. The number of nitrogens with zero attached hydrogens (tertiary/aromatic N) is 3. The van der Waals surface area contributed by atoms with Crippen LogP contribution in [0.1, 0.15) is 21.7 Å². The smallest absolute Gasteiger partial charge is 0.260 e. The van der Waals surface area contributed by atoms with Gasteiger partial charge in [-0.15, -0.1) is 0 Å². The average Bonchev–Trinajstić information content (AvgIpc) is 2.67. The summed E-state index contributed by atoms with van der Waals surface area (Å²) in [7, 11) is 1.76. The van der Waals surface area contributed by atoms with Crippen molar-refractivity contribution in [3.05, 3.63) is 35.3 Å². The molecule has 19 heavy (non-hydrogen) atoms. The molecule has 0 aliphatic heterocycles. The van der Waals surface area contributed by atoms with Gasteiger partial charge in [0.1, 0.15) is 5.82 Å². The second kappa shape index (κ2) is 5.07. The number of rotatable bonds is 3. The summed E-state index contributed by atoms with van der Waals surface area (Å²) in [6, 6.07) is 3.50. The molecule has 0 fully saturated rings. The molecule has 0 aliphatic rings. The highest BCUT2D eigenvalue weighted by molar-refractivity contribution is 6.07. The number of carbonyl (C=O) groups is 1. The molecule has 4 N–H and O–H groups in total. The van der Waals surface area contributed by atoms with E-state index in [-0.39, 0.29) is 5.91 Å². The second-order valence-electron chi connectivity index (χ2n) is 4.26. The third-order valence-electron chi connectivity index (χ3n) is 2.68. The fourth-order valence-corrected chi connectivity index (χ4v) is 1.77. The van der Waals surface area contributed by atoms with Gasteiger partial charge in [-0.2, -0.15) is 5.10 Å². The Hall–Kier alpha value is -2.41. The first-order chi connectivity index (χ1) is 9.01. The minimum absolute atomic E-state index is 0.288. The highest BCUT2D eigenvalue weighted by Crippen LogP contribution is 2.17. The van der Waals surface area contributed by atoms with Crippen molar-refractivity contribution >= 4 is 17.4 Å². The van der Waals surface area contributed by atoms with Crippen LogP contribution in [0.2, 0.25) is 0 Å². The Bertz CT molecular complexity index is 619. The zero-order valence-corrected chi connectivity index (χ0v) is 11.1. The molecule has 0 unspecified atom stereocenters. The third-order valence-corrected chi connectivity index (χ3v) is 2.68. The lowest BCUT2D eigenvalue weighted by atomic mass is 10.2. The monoisotopic (exact) mass is 260 g/mol. The first-order valence-electron chi connectivity index (χ1n) is 5.76. The standard InChI is InChI=1S/C12H16N6O/c1-7-4-10(16-13)9(6-14-7)12(19)15-11-5-8(2)17-18(11)3/h4-6H,13H2,1-3H3,(H,14,16)(H,15,19). The third kappa shape index (κ3) is 2.71. The molecule has 0 radical (unpaired) electrons. The zero-order valence-electron chi connectivity index (χ0n) is 11.1. The Kier molecular flexibility index (Phi) is 3.48. The molecule has 0 saturated carbocycles. The number of nitrogen functional groups attached to an aromatic ring is 1. The van der Waals surface area contributed by atoms with Crippen molar-refractivity contribution in [1.82, 2.24) is 14.8 Å². The van der Waals surface area contributed by atoms with Crippen LogP contribution in [0.25, 0.3) is 0 Å². The van der Waals surface area contributed by atoms with E-state index in [1.54, 1.807) is 23.9 Å². The van der Waals surface area contributed by atoms with Gasteiger partial charge in [-0.05, 0) is 19.9 Å². The predicted molar refractivity (Wildman–Crippen MR) is 72.7 cm³/mol. The number of hydrogen-bond acceptors (Lipinski definition) is 5. The molecule has 0 aliphatic carbocycles. The van der Waals surface area contributed by atoms with Gasteiger partial charge < -0.3 is 10.7 Å². The summed E-state index contributed by atoms with van der Waals surface area (Å²) in [4.78, 5) is 16.3. The summed E-state index contributed by atoms with van der Waals surface area (Å²) in [6.07, 6.45) is 1.49. The van der Waals surface area contributed by atoms with E-state index in [0.717, 1.165) is 11.4 Å². The summed E-state index contributed by atoms with van der Waals surface area (Å²) in [5, 5.41) is 6.93. The van der Waals surface area contributed by atoms with Crippen LogP contribution < -0.4 is 16.6 Å². The van der Waals surface area contributed by atoms with E-state index in [1.165, 1.54) is 6.20 Å². The Morgan fingerprint density at radius 2 is 2.05 bits per heavy atom. The van der Waals surface area contributed by atoms with Crippen LogP contribution in [-0.2, 0) is 7.05 Å². The molecule has 100 valence electrons. The maximum Gasteiger partial charge on any atom is 0.260 e. The molecule has 2 heterocycles. The van der Waals surface area contributed by atoms with Gasteiger partial charge in [0.05, 0.1) is 16.9 Å². The van der Waals surface area contributed by atoms with Crippen molar-refractivity contribution in [2.45, 2.75) is 13.8 Å². The molecule has 0 spiro atoms. The lowest BCUT2D eigenvalue weighted by molar-refractivity contribution is 0.102. The number of aryl methyl sites for hydroxylation is 3. The number of carbonyl (C=O) groups excluding carboxylic acids is 1. The van der Waals surface area contributed by atoms with Crippen molar-refractivity contribution in [3.63, 3.8) is 0 Å². The molecular formula is C12H16N6O. The maximum absolute atomic E-state index is 12.2. The number of pyridine rings is 1. The van der Waals surface area contributed by atoms with Gasteiger partial charge in [0.15, 0.2) is 0 Å². The van der Waals surface area contributed by atoms with E-state index in [0.29, 0.717) is 17.1 Å². The number of nitrogens with one attached hydrogen (secondary N) is 2. The Labute approximate surface area is 110 Å². The quantitative estimate of drug-likeness (QED) is 0.564. The minimum Gasteiger partial charge on any atom is -0.323 e. The molecule has 2 aromatic heterocycles. The molecule has 2 rings (SSSR count). The van der Waals surface area contributed by atoms with Gasteiger partial charge >= 0.3 is 0 Å². The predicted octanol–water partition coefficient (Wildman–Crippen LogP) is 0.970. The van der Waals surface area contributed by atoms with E-state index in [1.807, 2.05) is 13.8 Å². The Balaban J connectivity index is 2.27. The number of nitrogens with two attached hydrogens (primary N) is 1. The highest BCUT2D eigenvalue weighted by atomic mass is 16.1. The van der Waals surface area contributed by atoms with Gasteiger partial charge in [-0.1, -0.05) is 0 Å². The van der Waals surface area contributed by atoms with Crippen molar-refractivity contribution in [1.29, 1.82) is 0 Å². The molecule has 7 heteroatoms. The number of hydrazine groups is 1. The molecule has 0 bridgehead atoms. The molecule has 0 saturated heterocycles. The van der Waals surface area contributed by atoms with Crippen LogP contribution in [0.4, 0.5) is 11.5 Å². The van der Waals surface area contributed by atoms with Crippen molar-refractivity contribution in [2.24, 2.45) is 12.9 Å². The Morgan fingerprint density at radius 3 is 2.63 bits per heavy atom. The van der Waals surface area contributed by atoms with Gasteiger partial charge in [0.25, 0.3) is 5.91 Å². The summed E-state index contributed by atoms with van der Waals surface area (Å²) >= 11 is 0. The highest BCUT2D eigenvalue weighted by Gasteiger charge is 2.14. The van der Waals surface area contributed by atoms with Crippen LogP contribution in [0.3, 0.4) is 0 Å². The summed E-state index contributed by atoms with van der Waals surface area (Å²) in [6.45, 7) is 3.68. The minimum atomic E-state index is -0.288. The molecule has 2 aromatic rings. The summed E-state index contributed by atoms with van der Waals surface area (Å²) < 4.78 is 1.60. The second-order valence-corrected chi connectivity index (χ2v) is 4.26. The molecular weight excluding hydrogens is 244 g/mol. The number of aromatic nitrogens is 3. The van der Waals surface area contributed by atoms with E-state index in [4.69, 9.17) is 5.84 Å². The van der Waals surface area contributed by atoms with Crippen LogP contribution >= 0.6 is 0 Å². The zero-order chi connectivity index (χ0) is 14.0. The first kappa shape index (κ1) is 13.0. The van der Waals surface area contributed by atoms with Gasteiger partial charge in [-0.25, -0.2) is 0 Å². The Morgan fingerprint density at radius 1 is 1.32 bits per heavy atom.